The Labute approximate surface area is 753 Å². The number of halogens is 10. The first kappa shape index (κ1) is 119. The third-order valence-electron chi connectivity index (χ3n) is 16.3. The molecule has 9 rings (SSSR count). The van der Waals surface area contributed by atoms with Gasteiger partial charge in [0.2, 0.25) is 20.7 Å². The molecule has 8 N–H and O–H groups in total. The Kier molecular flexibility index (Phi) is 51.7. The van der Waals surface area contributed by atoms with E-state index in [-0.39, 0.29) is 144 Å². The van der Waals surface area contributed by atoms with Gasteiger partial charge < -0.3 is 58.7 Å². The predicted octanol–water partition coefficient (Wildman–Crippen LogP) is 9.49. The van der Waals surface area contributed by atoms with Crippen LogP contribution in [0.5, 0.6) is 0 Å². The summed E-state index contributed by atoms with van der Waals surface area (Å²) in [5.74, 6) is -5.33. The number of phosphoric ester groups is 3. The molecule has 0 aliphatic rings. The van der Waals surface area contributed by atoms with Crippen LogP contribution in [0.3, 0.4) is 0 Å². The molecule has 6 aromatic heterocycles. The van der Waals surface area contributed by atoms with E-state index in [0.717, 1.165) is 41.4 Å². The van der Waals surface area contributed by atoms with Crippen molar-refractivity contribution in [3.8, 4) is 0 Å². The van der Waals surface area contributed by atoms with Crippen molar-refractivity contribution in [3.63, 3.8) is 0 Å². The first-order valence-corrected chi connectivity index (χ1v) is 43.8. The molecule has 41 nitrogen and oxygen atoms in total. The summed E-state index contributed by atoms with van der Waals surface area (Å²) >= 11 is 6.14. The monoisotopic (exact) mass is 1950 g/mol. The van der Waals surface area contributed by atoms with Gasteiger partial charge in [-0.15, -0.1) is 37.2 Å². The van der Waals surface area contributed by atoms with Crippen molar-refractivity contribution in [1.29, 1.82) is 0 Å². The van der Waals surface area contributed by atoms with Crippen molar-refractivity contribution in [3.05, 3.63) is 205 Å². The number of aliphatic hydroxyl groups excluding tert-OH is 1. The molecule has 4 atom stereocenters. The van der Waals surface area contributed by atoms with Crippen molar-refractivity contribution in [2.24, 2.45) is 0 Å². The largest absolute Gasteiger partial charge is 0.476 e. The van der Waals surface area contributed by atoms with E-state index in [1.54, 1.807) is 0 Å². The molecule has 9 aromatic rings. The SMILES string of the molecule is C[N+](C)(C)CCO.C[N+](C)(C)CCOP(=O)(O)OC(Cn1cncn1)(Cn1cncn1)c1ccc(F)cc1F.C[N+](C)(C)CCOP(=O)(O)OC(Cn1cncn1)(Cn1cncn1)c1ccc(F)cc1F.Cl.Cl.Cl.N.O.[C-]#[N+]CCOP(=O)(OCC[N+](C)(C)C)OC(Cn1cncn1)(Cn1cncn1)c1ccc(F)cc1F.[C-]#[N+]CCOP(Cl)N(C(C)C)C(C)C. The van der Waals surface area contributed by atoms with Crippen LogP contribution in [-0.2, 0) is 106 Å². The molecule has 0 amide bonds. The van der Waals surface area contributed by atoms with Crippen LogP contribution in [0.15, 0.2) is 131 Å². The minimum Gasteiger partial charge on any atom is -0.412 e. The van der Waals surface area contributed by atoms with Crippen molar-refractivity contribution in [1.82, 2.24) is 99.4 Å². The van der Waals surface area contributed by atoms with Gasteiger partial charge in [-0.1, -0.05) is 18.2 Å². The fourth-order valence-corrected chi connectivity index (χ4v) is 16.6. The number of aromatic nitrogens is 18. The number of likely N-dealkylation sites (N-methyl/N-ethyl adjacent to an activating group) is 4. The molecule has 6 heterocycles. The van der Waals surface area contributed by atoms with E-state index in [1.165, 1.54) is 110 Å². The molecule has 4 unspecified atom stereocenters. The van der Waals surface area contributed by atoms with Gasteiger partial charge in [0.05, 0.1) is 130 Å². The second-order valence-electron chi connectivity index (χ2n) is 31.6. The van der Waals surface area contributed by atoms with Crippen LogP contribution in [0.1, 0.15) is 44.4 Å². The number of quaternary nitrogens is 4. The van der Waals surface area contributed by atoms with Crippen LogP contribution in [0.25, 0.3) is 9.69 Å². The number of phosphoric acid groups is 3. The zero-order chi connectivity index (χ0) is 90.1. The lowest BCUT2D eigenvalue weighted by Crippen LogP contribution is -2.41. The summed E-state index contributed by atoms with van der Waals surface area (Å²) in [6.07, 6.45) is 15.6. The second kappa shape index (κ2) is 54.9. The van der Waals surface area contributed by atoms with Crippen LogP contribution in [0.4, 0.5) is 26.3 Å². The third kappa shape index (κ3) is 42.9. The Hall–Kier alpha value is -7.38. The Balaban J connectivity index is 0.00000164. The molecule has 0 saturated heterocycles. The van der Waals surface area contributed by atoms with Gasteiger partial charge in [0.25, 0.3) is 0 Å². The lowest BCUT2D eigenvalue weighted by molar-refractivity contribution is -0.870. The summed E-state index contributed by atoms with van der Waals surface area (Å²) in [4.78, 5) is 50.7. The highest BCUT2D eigenvalue weighted by Gasteiger charge is 2.49. The first-order valence-electron chi connectivity index (χ1n) is 37.2. The number of aliphatic hydroxyl groups is 1. The van der Waals surface area contributed by atoms with Gasteiger partial charge in [-0.3, -0.25) is 31.7 Å². The molecule has 0 saturated carbocycles. The summed E-state index contributed by atoms with van der Waals surface area (Å²) in [5, 5.41) is 32.5. The van der Waals surface area contributed by atoms with E-state index in [9.17, 15) is 45.4 Å². The summed E-state index contributed by atoms with van der Waals surface area (Å²) in [6.45, 7) is 23.2. The highest BCUT2D eigenvalue weighted by atomic mass is 35.7. The van der Waals surface area contributed by atoms with E-state index in [0.29, 0.717) is 76.5 Å². The highest BCUT2D eigenvalue weighted by Crippen LogP contribution is 2.57. The normalized spacial score (nSPS) is 13.5. The summed E-state index contributed by atoms with van der Waals surface area (Å²) in [6, 6.07) is 9.34. The molecule has 0 fully saturated rings. The summed E-state index contributed by atoms with van der Waals surface area (Å²) < 4.78 is 183. The number of hydrogen-bond acceptors (Lipinski definition) is 26. The minimum absolute atomic E-state index is 0. The van der Waals surface area contributed by atoms with Crippen molar-refractivity contribution < 1.29 is 115 Å². The van der Waals surface area contributed by atoms with Crippen LogP contribution in [0.2, 0.25) is 0 Å². The number of benzene rings is 3. The van der Waals surface area contributed by atoms with Gasteiger partial charge in [0.1, 0.15) is 187 Å². The molecule has 55 heteroatoms. The first-order chi connectivity index (χ1) is 56.6. The Morgan fingerprint density at radius 1 is 0.444 bits per heavy atom. The van der Waals surface area contributed by atoms with E-state index >= 15 is 4.39 Å². The molecular formula is C71H118Cl4F6N26O15P4+4. The predicted molar refractivity (Wildman–Crippen MR) is 461 cm³/mol. The second-order valence-corrected chi connectivity index (χ2v) is 38.0. The lowest BCUT2D eigenvalue weighted by Gasteiger charge is -2.36. The Morgan fingerprint density at radius 2 is 0.698 bits per heavy atom. The average Bonchev–Trinajstić information content (AvgIpc) is 1.55. The number of rotatable bonds is 44. The Morgan fingerprint density at radius 3 is 0.921 bits per heavy atom. The molecule has 126 heavy (non-hydrogen) atoms. The van der Waals surface area contributed by atoms with Gasteiger partial charge >= 0.3 is 23.5 Å². The molecule has 3 aromatic carbocycles. The quantitative estimate of drug-likeness (QED) is 0.00907. The van der Waals surface area contributed by atoms with Crippen molar-refractivity contribution >= 4 is 79.6 Å². The minimum atomic E-state index is -4.73. The van der Waals surface area contributed by atoms with E-state index in [4.69, 9.17) is 65.7 Å². The third-order valence-corrected chi connectivity index (χ3v) is 22.6. The molecule has 0 bridgehead atoms. The van der Waals surface area contributed by atoms with E-state index < -0.39 is 82.8 Å². The van der Waals surface area contributed by atoms with Crippen molar-refractivity contribution in [2.45, 2.75) is 95.9 Å². The molecule has 0 aliphatic carbocycles. The lowest BCUT2D eigenvalue weighted by atomic mass is 9.93. The van der Waals surface area contributed by atoms with Crippen LogP contribution in [0, 0.1) is 48.0 Å². The fourth-order valence-electron chi connectivity index (χ4n) is 10.8. The van der Waals surface area contributed by atoms with Gasteiger partial charge in [-0.25, -0.2) is 116 Å². The summed E-state index contributed by atoms with van der Waals surface area (Å²) in [7, 11) is 8.29. The number of hydrogen-bond donors (Lipinski definition) is 4. The van der Waals surface area contributed by atoms with Gasteiger partial charge in [-0.05, 0) is 57.1 Å². The molecule has 0 aliphatic heterocycles. The molecule has 708 valence electrons. The van der Waals surface area contributed by atoms with Gasteiger partial charge in [-0.2, -0.15) is 30.6 Å². The van der Waals surface area contributed by atoms with Crippen LogP contribution in [-0.4, -0.2) is 307 Å². The highest BCUT2D eigenvalue weighted by molar-refractivity contribution is 7.78. The molecule has 0 radical (unpaired) electrons. The van der Waals surface area contributed by atoms with Crippen LogP contribution >= 0.6 is 79.6 Å². The standard InChI is InChI=1S/C21H28F2N8O4P.2C18H24F2N7O4P.C9H18ClN2OP.C5H14NO.3ClH.H3N.H2O/c1-24-7-9-33-36(32,34-10-8-31(2,3)4)35-21(12-29-16-25-14-27-29,13-30-17-26-15-28-30)19-6-5-18(22)11-20(19)23;2*1-27(2,3)6-7-30-32(28,29)31-18(9-25-13-21-11-23-25,10-26-14-22-12-24-26)16-5-4-15(19)8-17(16)20;1-8(2)12(9(3)4)14(10)13-7-6-11-5;1-6(2,3)4-5-7;;;;;/h5-6,11,14-17H,7-10,12-13H2,2-4H3;2*4-5,8,11-14H,6-7,9-10H2,1-3H3;8-9H,6-7H2,1-4H3;7H,4-5H2,1-3H3;3*1H;1H3;1H2/q+1;;;;+1;;;;;/p+2. The fraction of sp³-hybridized carbons (Fsp3) is 0.549. The van der Waals surface area contributed by atoms with Crippen molar-refractivity contribution in [2.75, 3.05) is 163 Å². The van der Waals surface area contributed by atoms with Crippen LogP contribution < -0.4 is 6.15 Å². The maximum absolute atomic E-state index is 15.3. The number of nitrogens with zero attached hydrogens (tertiary/aromatic N) is 25. The average molecular weight is 1960 g/mol. The van der Waals surface area contributed by atoms with E-state index in [2.05, 4.69) is 124 Å². The zero-order valence-corrected chi connectivity index (χ0v) is 79.7. The maximum Gasteiger partial charge on any atom is 0.476 e. The zero-order valence-electron chi connectivity index (χ0n) is 72.9. The maximum atomic E-state index is 15.3. The molecule has 0 spiro atoms. The smallest absolute Gasteiger partial charge is 0.412 e. The molecular weight excluding hydrogens is 1840 g/mol. The Bertz CT molecular complexity index is 4450. The topological polar surface area (TPSA) is 448 Å². The van der Waals surface area contributed by atoms with E-state index in [1.807, 2.05) is 63.4 Å². The van der Waals surface area contributed by atoms with Gasteiger partial charge in [0.15, 0.2) is 0 Å². The van der Waals surface area contributed by atoms with Gasteiger partial charge in [0, 0.05) is 47.0 Å². The summed E-state index contributed by atoms with van der Waals surface area (Å²) in [5.41, 5.74) is -6.09.